The van der Waals surface area contributed by atoms with Crippen LogP contribution < -0.4 is 5.32 Å². The van der Waals surface area contributed by atoms with Gasteiger partial charge in [0.15, 0.2) is 0 Å². The Kier molecular flexibility index (Phi) is 5.72. The number of benzene rings is 1. The molecule has 1 heterocycles. The zero-order chi connectivity index (χ0) is 16.9. The van der Waals surface area contributed by atoms with E-state index >= 15 is 0 Å². The first-order valence-corrected chi connectivity index (χ1v) is 9.05. The van der Waals surface area contributed by atoms with Gasteiger partial charge in [-0.2, -0.15) is 0 Å². The number of urea groups is 1. The van der Waals surface area contributed by atoms with E-state index in [0.717, 1.165) is 37.9 Å². The molecule has 2 amide bonds. The van der Waals surface area contributed by atoms with Gasteiger partial charge in [-0.15, -0.1) is 0 Å². The Hall–Kier alpha value is -1.62. The Morgan fingerprint density at radius 2 is 1.88 bits per heavy atom. The number of nitrogens with one attached hydrogen (secondary N) is 1. The predicted molar refractivity (Wildman–Crippen MR) is 91.3 cm³/mol. The van der Waals surface area contributed by atoms with E-state index in [1.165, 1.54) is 31.4 Å². The lowest BCUT2D eigenvalue weighted by atomic mass is 9.94. The lowest BCUT2D eigenvalue weighted by molar-refractivity contribution is 0.0767. The first-order valence-electron chi connectivity index (χ1n) is 9.05. The molecule has 1 saturated carbocycles. The summed E-state index contributed by atoms with van der Waals surface area (Å²) in [4.78, 5) is 14.6. The van der Waals surface area contributed by atoms with Crippen LogP contribution in [0.25, 0.3) is 0 Å². The molecular formula is C19H27FN2O2. The fourth-order valence-corrected chi connectivity index (χ4v) is 3.80. The van der Waals surface area contributed by atoms with Crippen molar-refractivity contribution in [2.45, 2.75) is 63.1 Å². The van der Waals surface area contributed by atoms with Crippen molar-refractivity contribution in [3.8, 4) is 0 Å². The zero-order valence-electron chi connectivity index (χ0n) is 14.3. The molecule has 3 rings (SSSR count). The van der Waals surface area contributed by atoms with Crippen LogP contribution in [0, 0.1) is 5.82 Å². The molecule has 2 unspecified atom stereocenters. The first-order chi connectivity index (χ1) is 11.6. The quantitative estimate of drug-likeness (QED) is 0.903. The van der Waals surface area contributed by atoms with Crippen LogP contribution in [-0.2, 0) is 4.74 Å². The Morgan fingerprint density at radius 1 is 1.17 bits per heavy atom. The molecule has 2 atom stereocenters. The van der Waals surface area contributed by atoms with Crippen LogP contribution in [0.1, 0.15) is 56.6 Å². The molecule has 4 nitrogen and oxygen atoms in total. The molecule has 0 bridgehead atoms. The van der Waals surface area contributed by atoms with E-state index in [9.17, 15) is 9.18 Å². The smallest absolute Gasteiger partial charge is 0.317 e. The average Bonchev–Trinajstić information content (AvgIpc) is 3.15. The number of ether oxygens (including phenoxy) is 1. The van der Waals surface area contributed by atoms with Crippen LogP contribution in [0.5, 0.6) is 0 Å². The highest BCUT2D eigenvalue weighted by atomic mass is 19.1. The van der Waals surface area contributed by atoms with Crippen molar-refractivity contribution >= 4 is 6.03 Å². The third kappa shape index (κ3) is 4.07. The van der Waals surface area contributed by atoms with Gasteiger partial charge in [-0.05, 0) is 43.4 Å². The zero-order valence-corrected chi connectivity index (χ0v) is 14.3. The monoisotopic (exact) mass is 334 g/mol. The lowest BCUT2D eigenvalue weighted by Crippen LogP contribution is -2.47. The van der Waals surface area contributed by atoms with Gasteiger partial charge in [-0.25, -0.2) is 9.18 Å². The molecule has 1 aliphatic carbocycles. The molecule has 0 radical (unpaired) electrons. The second-order valence-corrected chi connectivity index (χ2v) is 6.93. The van der Waals surface area contributed by atoms with Crippen molar-refractivity contribution in [1.29, 1.82) is 0 Å². The maximum absolute atomic E-state index is 13.2. The number of carbonyl (C=O) groups is 1. The van der Waals surface area contributed by atoms with E-state index in [0.29, 0.717) is 6.04 Å². The number of hydrogen-bond donors (Lipinski definition) is 1. The number of rotatable bonds is 4. The number of carbonyl (C=O) groups excluding carboxylic acids is 1. The van der Waals surface area contributed by atoms with Gasteiger partial charge < -0.3 is 15.0 Å². The molecule has 1 aromatic rings. The maximum atomic E-state index is 13.2. The maximum Gasteiger partial charge on any atom is 0.317 e. The third-order valence-corrected chi connectivity index (χ3v) is 5.29. The normalized spacial score (nSPS) is 23.0. The van der Waals surface area contributed by atoms with Crippen LogP contribution in [0.4, 0.5) is 9.18 Å². The summed E-state index contributed by atoms with van der Waals surface area (Å²) < 4.78 is 19.0. The summed E-state index contributed by atoms with van der Waals surface area (Å²) in [7, 11) is 1.88. The topological polar surface area (TPSA) is 41.6 Å². The Morgan fingerprint density at radius 3 is 2.50 bits per heavy atom. The standard InChI is InChI=1S/C19H27FN2O2/c1-22(16-6-3-2-4-7-16)19(23)21-18(17-8-5-13-24-17)14-9-11-15(20)12-10-14/h9-12,16-18H,2-8,13H2,1H3,(H,21,23). The summed E-state index contributed by atoms with van der Waals surface area (Å²) in [6, 6.07) is 6.38. The minimum atomic E-state index is -0.268. The van der Waals surface area contributed by atoms with Crippen LogP contribution in [0.2, 0.25) is 0 Å². The second-order valence-electron chi connectivity index (χ2n) is 6.93. The number of nitrogens with zero attached hydrogens (tertiary/aromatic N) is 1. The first kappa shape index (κ1) is 17.2. The van der Waals surface area contributed by atoms with Crippen LogP contribution in [0.15, 0.2) is 24.3 Å². The van der Waals surface area contributed by atoms with Gasteiger partial charge in [-0.1, -0.05) is 31.4 Å². The molecule has 132 valence electrons. The van der Waals surface area contributed by atoms with Crippen molar-refractivity contribution in [2.75, 3.05) is 13.7 Å². The van der Waals surface area contributed by atoms with E-state index in [2.05, 4.69) is 5.32 Å². The minimum absolute atomic E-state index is 0.0424. The molecule has 1 aliphatic heterocycles. The SMILES string of the molecule is CN(C(=O)NC(c1ccc(F)cc1)C1CCCO1)C1CCCCC1. The third-order valence-electron chi connectivity index (χ3n) is 5.29. The van der Waals surface area contributed by atoms with Gasteiger partial charge in [0.1, 0.15) is 5.82 Å². The van der Waals surface area contributed by atoms with Crippen molar-refractivity contribution < 1.29 is 13.9 Å². The summed E-state index contributed by atoms with van der Waals surface area (Å²) in [5.41, 5.74) is 0.897. The van der Waals surface area contributed by atoms with Gasteiger partial charge >= 0.3 is 6.03 Å². The highest BCUT2D eigenvalue weighted by Crippen LogP contribution is 2.28. The molecule has 0 aromatic heterocycles. The molecule has 2 fully saturated rings. The molecule has 5 heteroatoms. The van der Waals surface area contributed by atoms with Crippen molar-refractivity contribution in [2.24, 2.45) is 0 Å². The molecule has 2 aliphatic rings. The van der Waals surface area contributed by atoms with E-state index in [-0.39, 0.29) is 24.0 Å². The molecule has 0 spiro atoms. The molecule has 1 saturated heterocycles. The molecule has 24 heavy (non-hydrogen) atoms. The van der Waals surface area contributed by atoms with Gasteiger partial charge in [-0.3, -0.25) is 0 Å². The van der Waals surface area contributed by atoms with E-state index in [1.54, 1.807) is 12.1 Å². The molecule has 1 N–H and O–H groups in total. The Labute approximate surface area is 143 Å². The van der Waals surface area contributed by atoms with Crippen LogP contribution >= 0.6 is 0 Å². The highest BCUT2D eigenvalue weighted by molar-refractivity contribution is 5.75. The summed E-state index contributed by atoms with van der Waals surface area (Å²) >= 11 is 0. The molecular weight excluding hydrogens is 307 g/mol. The highest BCUT2D eigenvalue weighted by Gasteiger charge is 2.31. The minimum Gasteiger partial charge on any atom is -0.376 e. The summed E-state index contributed by atoms with van der Waals surface area (Å²) in [6.07, 6.45) is 7.66. The lowest BCUT2D eigenvalue weighted by Gasteiger charge is -2.33. The predicted octanol–water partition coefficient (Wildman–Crippen LogP) is 4.02. The van der Waals surface area contributed by atoms with E-state index in [1.807, 2.05) is 11.9 Å². The van der Waals surface area contributed by atoms with Crippen molar-refractivity contribution in [3.05, 3.63) is 35.6 Å². The van der Waals surface area contributed by atoms with E-state index < -0.39 is 0 Å². The van der Waals surface area contributed by atoms with E-state index in [4.69, 9.17) is 4.74 Å². The Bertz CT molecular complexity index is 537. The Balaban J connectivity index is 1.70. The van der Waals surface area contributed by atoms with Crippen LogP contribution in [-0.4, -0.2) is 36.7 Å². The van der Waals surface area contributed by atoms with Gasteiger partial charge in [0.2, 0.25) is 0 Å². The number of amides is 2. The molecule has 1 aromatic carbocycles. The summed E-state index contributed by atoms with van der Waals surface area (Å²) in [5, 5.41) is 3.13. The average molecular weight is 334 g/mol. The number of hydrogen-bond acceptors (Lipinski definition) is 2. The summed E-state index contributed by atoms with van der Waals surface area (Å²) in [5.74, 6) is -0.268. The summed E-state index contributed by atoms with van der Waals surface area (Å²) in [6.45, 7) is 0.719. The fourth-order valence-electron chi connectivity index (χ4n) is 3.80. The van der Waals surface area contributed by atoms with Crippen molar-refractivity contribution in [3.63, 3.8) is 0 Å². The fraction of sp³-hybridized carbons (Fsp3) is 0.632. The van der Waals surface area contributed by atoms with Gasteiger partial charge in [0, 0.05) is 19.7 Å². The van der Waals surface area contributed by atoms with Gasteiger partial charge in [0.05, 0.1) is 12.1 Å². The number of halogens is 1. The van der Waals surface area contributed by atoms with Crippen LogP contribution in [0.3, 0.4) is 0 Å². The van der Waals surface area contributed by atoms with Gasteiger partial charge in [0.25, 0.3) is 0 Å². The van der Waals surface area contributed by atoms with Crippen molar-refractivity contribution in [1.82, 2.24) is 10.2 Å². The largest absolute Gasteiger partial charge is 0.376 e. The second kappa shape index (κ2) is 7.97.